The number of aliphatic hydroxyl groups is 1. The number of nitrogens with zero attached hydrogens (tertiary/aromatic N) is 1. The Hall–Kier alpha value is -3.19. The number of benzene rings is 2. The van der Waals surface area contributed by atoms with Gasteiger partial charge in [-0.05, 0) is 37.1 Å². The molecule has 1 N–H and O–H groups in total. The number of halogens is 1. The molecule has 0 aliphatic carbocycles. The first kappa shape index (κ1) is 24.5. The molecule has 176 valence electrons. The normalized spacial score (nSPS) is 17.4. The molecule has 1 fully saturated rings. The Balaban J connectivity index is 2.21. The van der Waals surface area contributed by atoms with Gasteiger partial charge in [-0.2, -0.15) is 0 Å². The fourth-order valence-electron chi connectivity index (χ4n) is 3.89. The quantitative estimate of drug-likeness (QED) is 0.314. The highest BCUT2D eigenvalue weighted by Crippen LogP contribution is 2.43. The second kappa shape index (κ2) is 10.6. The number of aliphatic hydroxyl groups excluding tert-OH is 1. The van der Waals surface area contributed by atoms with E-state index in [0.717, 1.165) is 12.8 Å². The molecular formula is C25H28ClNO6. The van der Waals surface area contributed by atoms with E-state index in [1.54, 1.807) is 24.3 Å². The van der Waals surface area contributed by atoms with Gasteiger partial charge in [0.05, 0.1) is 43.0 Å². The maximum Gasteiger partial charge on any atom is 0.295 e. The van der Waals surface area contributed by atoms with Crippen molar-refractivity contribution in [3.63, 3.8) is 0 Å². The first-order chi connectivity index (χ1) is 15.9. The maximum absolute atomic E-state index is 13.1. The predicted octanol–water partition coefficient (Wildman–Crippen LogP) is 4.98. The van der Waals surface area contributed by atoms with Crippen LogP contribution >= 0.6 is 11.6 Å². The van der Waals surface area contributed by atoms with Crippen LogP contribution in [0.5, 0.6) is 17.2 Å². The van der Waals surface area contributed by atoms with E-state index in [1.807, 2.05) is 13.8 Å². The van der Waals surface area contributed by atoms with Gasteiger partial charge < -0.3 is 24.2 Å². The van der Waals surface area contributed by atoms with Gasteiger partial charge in [0.15, 0.2) is 0 Å². The lowest BCUT2D eigenvalue weighted by atomic mass is 9.94. The van der Waals surface area contributed by atoms with E-state index in [-0.39, 0.29) is 27.7 Å². The molecule has 7 nitrogen and oxygen atoms in total. The summed E-state index contributed by atoms with van der Waals surface area (Å²) in [4.78, 5) is 27.6. The minimum absolute atomic E-state index is 0.0112. The van der Waals surface area contributed by atoms with E-state index in [1.165, 1.54) is 31.3 Å². The van der Waals surface area contributed by atoms with E-state index in [4.69, 9.17) is 25.8 Å². The summed E-state index contributed by atoms with van der Waals surface area (Å²) in [5.41, 5.74) is 0.890. The highest BCUT2D eigenvalue weighted by atomic mass is 35.5. The Morgan fingerprint density at radius 1 is 1.06 bits per heavy atom. The minimum Gasteiger partial charge on any atom is -0.507 e. The Morgan fingerprint density at radius 3 is 2.30 bits per heavy atom. The molecule has 3 rings (SSSR count). The van der Waals surface area contributed by atoms with Crippen LogP contribution in [0.1, 0.15) is 43.9 Å². The molecule has 8 heteroatoms. The molecule has 0 radical (unpaired) electrons. The fourth-order valence-corrected chi connectivity index (χ4v) is 4.12. The Labute approximate surface area is 198 Å². The largest absolute Gasteiger partial charge is 0.507 e. The fraction of sp³-hybridized carbons (Fsp3) is 0.360. The number of ether oxygens (including phenoxy) is 3. The molecule has 1 aliphatic heterocycles. The molecule has 0 aromatic heterocycles. The average molecular weight is 474 g/mol. The molecule has 33 heavy (non-hydrogen) atoms. The van der Waals surface area contributed by atoms with Crippen LogP contribution in [0.25, 0.3) is 5.76 Å². The van der Waals surface area contributed by atoms with Crippen molar-refractivity contribution in [1.29, 1.82) is 0 Å². The molecule has 0 bridgehead atoms. The number of Topliss-reactive ketones (excluding diaryl/α,β-unsaturated/α-hetero) is 1. The summed E-state index contributed by atoms with van der Waals surface area (Å²) in [6, 6.07) is 9.40. The average Bonchev–Trinajstić information content (AvgIpc) is 3.07. The second-order valence-corrected chi connectivity index (χ2v) is 7.94. The van der Waals surface area contributed by atoms with Crippen LogP contribution in [0.4, 0.5) is 0 Å². The molecule has 0 spiro atoms. The standard InChI is InChI=1S/C25H28ClNO6/c1-5-7-12-27-22(15-8-10-16(11-9-15)33-6-2)21(24(29)25(27)30)23(28)17-13-20(32-4)18(26)14-19(17)31-3/h8-11,13-14,22,28H,5-7,12H2,1-4H3/b23-21+. The van der Waals surface area contributed by atoms with Gasteiger partial charge in [0.1, 0.15) is 23.0 Å². The van der Waals surface area contributed by atoms with Crippen molar-refractivity contribution in [3.8, 4) is 17.2 Å². The van der Waals surface area contributed by atoms with Crippen LogP contribution < -0.4 is 14.2 Å². The summed E-state index contributed by atoms with van der Waals surface area (Å²) in [5.74, 6) is -0.517. The maximum atomic E-state index is 13.1. The number of carbonyl (C=O) groups excluding carboxylic acids is 2. The topological polar surface area (TPSA) is 85.3 Å². The van der Waals surface area contributed by atoms with Crippen molar-refractivity contribution in [2.24, 2.45) is 0 Å². The number of hydrogen-bond donors (Lipinski definition) is 1. The van der Waals surface area contributed by atoms with Gasteiger partial charge in [0.25, 0.3) is 11.7 Å². The van der Waals surface area contributed by atoms with Crippen molar-refractivity contribution in [3.05, 3.63) is 58.1 Å². The van der Waals surface area contributed by atoms with Gasteiger partial charge in [-0.15, -0.1) is 0 Å². The van der Waals surface area contributed by atoms with Crippen LogP contribution in [0.2, 0.25) is 5.02 Å². The number of carbonyl (C=O) groups is 2. The van der Waals surface area contributed by atoms with E-state index in [0.29, 0.717) is 30.2 Å². The highest BCUT2D eigenvalue weighted by Gasteiger charge is 2.46. The number of likely N-dealkylation sites (tertiary alicyclic amines) is 1. The molecule has 1 atom stereocenters. The zero-order valence-corrected chi connectivity index (χ0v) is 19.9. The van der Waals surface area contributed by atoms with E-state index >= 15 is 0 Å². The molecule has 1 amide bonds. The molecule has 1 aliphatic rings. The number of hydrogen-bond acceptors (Lipinski definition) is 6. The SMILES string of the molecule is CCCCN1C(=O)C(=O)/C(=C(/O)c2cc(OC)c(Cl)cc2OC)C1c1ccc(OCC)cc1. The monoisotopic (exact) mass is 473 g/mol. The summed E-state index contributed by atoms with van der Waals surface area (Å²) in [7, 11) is 2.87. The second-order valence-electron chi connectivity index (χ2n) is 7.54. The van der Waals surface area contributed by atoms with Gasteiger partial charge in [-0.3, -0.25) is 9.59 Å². The van der Waals surface area contributed by atoms with Crippen LogP contribution in [0.3, 0.4) is 0 Å². The van der Waals surface area contributed by atoms with Gasteiger partial charge >= 0.3 is 0 Å². The molecule has 1 heterocycles. The number of amides is 1. The van der Waals surface area contributed by atoms with Crippen molar-refractivity contribution < 1.29 is 28.9 Å². The van der Waals surface area contributed by atoms with Crippen LogP contribution in [0, 0.1) is 0 Å². The van der Waals surface area contributed by atoms with E-state index in [2.05, 4.69) is 0 Å². The van der Waals surface area contributed by atoms with E-state index in [9.17, 15) is 14.7 Å². The van der Waals surface area contributed by atoms with E-state index < -0.39 is 17.7 Å². The number of ketones is 1. The number of methoxy groups -OCH3 is 2. The third kappa shape index (κ3) is 4.78. The van der Waals surface area contributed by atoms with Gasteiger partial charge in [-0.1, -0.05) is 37.1 Å². The predicted molar refractivity (Wildman–Crippen MR) is 126 cm³/mol. The lowest BCUT2D eigenvalue weighted by molar-refractivity contribution is -0.139. The summed E-state index contributed by atoms with van der Waals surface area (Å²) < 4.78 is 16.2. The first-order valence-electron chi connectivity index (χ1n) is 10.8. The lowest BCUT2D eigenvalue weighted by Crippen LogP contribution is -2.30. The molecule has 0 saturated carbocycles. The van der Waals surface area contributed by atoms with Crippen LogP contribution in [-0.4, -0.2) is 49.1 Å². The smallest absolute Gasteiger partial charge is 0.295 e. The molecule has 2 aromatic rings. The van der Waals surface area contributed by atoms with Crippen molar-refractivity contribution >= 4 is 29.1 Å². The van der Waals surface area contributed by atoms with Gasteiger partial charge in [0.2, 0.25) is 0 Å². The molecular weight excluding hydrogens is 446 g/mol. The number of unbranched alkanes of at least 4 members (excludes halogenated alkanes) is 1. The molecule has 2 aromatic carbocycles. The lowest BCUT2D eigenvalue weighted by Gasteiger charge is -2.25. The van der Waals surface area contributed by atoms with Crippen molar-refractivity contribution in [2.75, 3.05) is 27.4 Å². The van der Waals surface area contributed by atoms with Gasteiger partial charge in [-0.25, -0.2) is 0 Å². The van der Waals surface area contributed by atoms with Gasteiger partial charge in [0, 0.05) is 12.6 Å². The Kier molecular flexibility index (Phi) is 7.87. The minimum atomic E-state index is -0.751. The summed E-state index contributed by atoms with van der Waals surface area (Å²) in [6.45, 7) is 4.80. The Morgan fingerprint density at radius 2 is 1.73 bits per heavy atom. The Bertz CT molecular complexity index is 1060. The summed E-state index contributed by atoms with van der Waals surface area (Å²) in [5, 5.41) is 11.6. The van der Waals surface area contributed by atoms with Crippen LogP contribution in [0.15, 0.2) is 42.0 Å². The number of rotatable bonds is 9. The molecule has 1 saturated heterocycles. The zero-order chi connectivity index (χ0) is 24.1. The summed E-state index contributed by atoms with van der Waals surface area (Å²) >= 11 is 6.20. The van der Waals surface area contributed by atoms with Crippen LogP contribution in [-0.2, 0) is 9.59 Å². The van der Waals surface area contributed by atoms with Crippen molar-refractivity contribution in [1.82, 2.24) is 4.90 Å². The highest BCUT2D eigenvalue weighted by molar-refractivity contribution is 6.46. The molecule has 1 unspecified atom stereocenters. The third-order valence-electron chi connectivity index (χ3n) is 5.53. The third-order valence-corrected chi connectivity index (χ3v) is 5.82. The zero-order valence-electron chi connectivity index (χ0n) is 19.2. The van der Waals surface area contributed by atoms with Crippen molar-refractivity contribution in [2.45, 2.75) is 32.7 Å². The summed E-state index contributed by atoms with van der Waals surface area (Å²) in [6.07, 6.45) is 1.57. The first-order valence-corrected chi connectivity index (χ1v) is 11.2.